The molecule has 76 valence electrons. The molecule has 1 fully saturated rings. The minimum atomic E-state index is -0.0857. The van der Waals surface area contributed by atoms with Crippen molar-refractivity contribution in [3.05, 3.63) is 24.3 Å². The fourth-order valence-corrected chi connectivity index (χ4v) is 2.17. The summed E-state index contributed by atoms with van der Waals surface area (Å²) in [7, 11) is 0. The average molecular weight is 201 g/mol. The molecule has 1 aliphatic carbocycles. The summed E-state index contributed by atoms with van der Waals surface area (Å²) in [6, 6.07) is 7.66. The zero-order valence-corrected chi connectivity index (χ0v) is 8.26. The second kappa shape index (κ2) is 3.15. The van der Waals surface area contributed by atoms with Crippen molar-refractivity contribution in [1.29, 1.82) is 0 Å². The monoisotopic (exact) mass is 201 g/mol. The summed E-state index contributed by atoms with van der Waals surface area (Å²) < 4.78 is 1.77. The van der Waals surface area contributed by atoms with E-state index in [0.717, 1.165) is 23.9 Å². The van der Waals surface area contributed by atoms with Gasteiger partial charge in [0.15, 0.2) is 5.78 Å². The molecule has 4 nitrogen and oxygen atoms in total. The van der Waals surface area contributed by atoms with Crippen LogP contribution in [-0.2, 0) is 4.79 Å². The molecule has 0 saturated heterocycles. The van der Waals surface area contributed by atoms with Crippen molar-refractivity contribution < 1.29 is 4.79 Å². The molecule has 1 heterocycles. The van der Waals surface area contributed by atoms with Crippen molar-refractivity contribution in [1.82, 2.24) is 15.0 Å². The van der Waals surface area contributed by atoms with E-state index in [1.54, 1.807) is 4.68 Å². The molecule has 1 aromatic heterocycles. The van der Waals surface area contributed by atoms with Crippen LogP contribution in [0.2, 0.25) is 0 Å². The molecule has 0 N–H and O–H groups in total. The molecule has 0 radical (unpaired) electrons. The molecule has 1 aliphatic rings. The van der Waals surface area contributed by atoms with E-state index in [1.807, 2.05) is 24.3 Å². The van der Waals surface area contributed by atoms with Crippen LogP contribution in [0, 0.1) is 0 Å². The summed E-state index contributed by atoms with van der Waals surface area (Å²) in [4.78, 5) is 11.6. The van der Waals surface area contributed by atoms with Gasteiger partial charge >= 0.3 is 0 Å². The highest BCUT2D eigenvalue weighted by atomic mass is 16.1. The van der Waals surface area contributed by atoms with Crippen molar-refractivity contribution in [2.75, 3.05) is 0 Å². The van der Waals surface area contributed by atoms with Crippen LogP contribution in [0.15, 0.2) is 24.3 Å². The first-order valence-corrected chi connectivity index (χ1v) is 5.19. The third-order valence-electron chi connectivity index (χ3n) is 2.94. The van der Waals surface area contributed by atoms with Crippen LogP contribution in [0.5, 0.6) is 0 Å². The van der Waals surface area contributed by atoms with Gasteiger partial charge in [-0.3, -0.25) is 4.79 Å². The third-order valence-corrected chi connectivity index (χ3v) is 2.94. The number of hydrogen-bond acceptors (Lipinski definition) is 3. The predicted octanol–water partition coefficient (Wildman–Crippen LogP) is 1.73. The molecular weight excluding hydrogens is 190 g/mol. The maximum absolute atomic E-state index is 11.6. The minimum absolute atomic E-state index is 0.0857. The van der Waals surface area contributed by atoms with Crippen LogP contribution in [0.3, 0.4) is 0 Å². The number of hydrogen-bond donors (Lipinski definition) is 0. The maximum Gasteiger partial charge on any atom is 0.157 e. The Labute approximate surface area is 86.9 Å². The van der Waals surface area contributed by atoms with Gasteiger partial charge in [0.05, 0.1) is 5.52 Å². The minimum Gasteiger partial charge on any atom is -0.297 e. The quantitative estimate of drug-likeness (QED) is 0.705. The van der Waals surface area contributed by atoms with Crippen LogP contribution in [0.25, 0.3) is 11.0 Å². The standard InChI is InChI=1S/C11H11N3O/c15-11-7-3-6-10(11)14-9-5-2-1-4-8(9)12-13-14/h1-2,4-5,10H,3,6-7H2. The van der Waals surface area contributed by atoms with Gasteiger partial charge < -0.3 is 0 Å². The number of para-hydroxylation sites is 1. The first-order chi connectivity index (χ1) is 7.36. The lowest BCUT2D eigenvalue weighted by molar-refractivity contribution is -0.120. The molecule has 1 unspecified atom stereocenters. The molecule has 0 amide bonds. The molecule has 1 atom stereocenters. The zero-order valence-electron chi connectivity index (χ0n) is 8.26. The molecule has 1 aromatic carbocycles. The molecule has 3 rings (SSSR count). The van der Waals surface area contributed by atoms with Crippen molar-refractivity contribution >= 4 is 16.8 Å². The van der Waals surface area contributed by atoms with E-state index in [9.17, 15) is 4.79 Å². The second-order valence-corrected chi connectivity index (χ2v) is 3.90. The fourth-order valence-electron chi connectivity index (χ4n) is 2.17. The molecule has 1 saturated carbocycles. The molecule has 0 spiro atoms. The van der Waals surface area contributed by atoms with Crippen molar-refractivity contribution in [3.63, 3.8) is 0 Å². The van der Waals surface area contributed by atoms with Gasteiger partial charge in [0.2, 0.25) is 0 Å². The molecular formula is C11H11N3O. The lowest BCUT2D eigenvalue weighted by Gasteiger charge is -2.07. The van der Waals surface area contributed by atoms with Crippen LogP contribution in [0.4, 0.5) is 0 Å². The number of benzene rings is 1. The van der Waals surface area contributed by atoms with E-state index >= 15 is 0 Å². The summed E-state index contributed by atoms with van der Waals surface area (Å²) in [5.41, 5.74) is 1.81. The van der Waals surface area contributed by atoms with Gasteiger partial charge in [0.1, 0.15) is 11.6 Å². The fraction of sp³-hybridized carbons (Fsp3) is 0.364. The Morgan fingerprint density at radius 2 is 2.20 bits per heavy atom. The van der Waals surface area contributed by atoms with Gasteiger partial charge in [-0.25, -0.2) is 4.68 Å². The normalized spacial score (nSPS) is 21.3. The average Bonchev–Trinajstić information content (AvgIpc) is 2.83. The predicted molar refractivity (Wildman–Crippen MR) is 55.4 cm³/mol. The zero-order chi connectivity index (χ0) is 10.3. The lowest BCUT2D eigenvalue weighted by Crippen LogP contribution is -2.14. The van der Waals surface area contributed by atoms with Gasteiger partial charge in [-0.2, -0.15) is 0 Å². The van der Waals surface area contributed by atoms with Crippen molar-refractivity contribution in [3.8, 4) is 0 Å². The summed E-state index contributed by atoms with van der Waals surface area (Å²) in [5, 5.41) is 8.13. The van der Waals surface area contributed by atoms with Crippen molar-refractivity contribution in [2.45, 2.75) is 25.3 Å². The number of carbonyl (C=O) groups is 1. The number of rotatable bonds is 1. The Morgan fingerprint density at radius 1 is 1.33 bits per heavy atom. The number of Topliss-reactive ketones (excluding diaryl/α,β-unsaturated/α-hetero) is 1. The van der Waals surface area contributed by atoms with E-state index in [1.165, 1.54) is 0 Å². The number of nitrogens with zero attached hydrogens (tertiary/aromatic N) is 3. The summed E-state index contributed by atoms with van der Waals surface area (Å²) >= 11 is 0. The number of carbonyl (C=O) groups excluding carboxylic acids is 1. The second-order valence-electron chi connectivity index (χ2n) is 3.90. The smallest absolute Gasteiger partial charge is 0.157 e. The Hall–Kier alpha value is -1.71. The Morgan fingerprint density at radius 3 is 3.00 bits per heavy atom. The first kappa shape index (κ1) is 8.59. The number of fused-ring (bicyclic) bond motifs is 1. The third kappa shape index (κ3) is 1.25. The Balaban J connectivity index is 2.14. The Kier molecular flexibility index (Phi) is 1.80. The van der Waals surface area contributed by atoms with E-state index in [0.29, 0.717) is 6.42 Å². The SMILES string of the molecule is O=C1CCCC1n1nnc2ccccc21. The maximum atomic E-state index is 11.6. The van der Waals surface area contributed by atoms with Gasteiger partial charge in [0, 0.05) is 6.42 Å². The number of ketones is 1. The topological polar surface area (TPSA) is 47.8 Å². The highest BCUT2D eigenvalue weighted by molar-refractivity contribution is 5.86. The van der Waals surface area contributed by atoms with E-state index in [-0.39, 0.29) is 11.8 Å². The molecule has 4 heteroatoms. The molecule has 0 bridgehead atoms. The number of aromatic nitrogens is 3. The van der Waals surface area contributed by atoms with E-state index in [4.69, 9.17) is 0 Å². The lowest BCUT2D eigenvalue weighted by atomic mass is 10.2. The summed E-state index contributed by atoms with van der Waals surface area (Å²) in [6.45, 7) is 0. The van der Waals surface area contributed by atoms with Gasteiger partial charge in [-0.1, -0.05) is 17.3 Å². The van der Waals surface area contributed by atoms with Gasteiger partial charge in [-0.15, -0.1) is 5.10 Å². The Bertz CT molecular complexity index is 517. The van der Waals surface area contributed by atoms with E-state index in [2.05, 4.69) is 10.3 Å². The first-order valence-electron chi connectivity index (χ1n) is 5.19. The van der Waals surface area contributed by atoms with Crippen LogP contribution in [0.1, 0.15) is 25.3 Å². The van der Waals surface area contributed by atoms with Crippen LogP contribution < -0.4 is 0 Å². The van der Waals surface area contributed by atoms with Gasteiger partial charge in [-0.05, 0) is 25.0 Å². The van der Waals surface area contributed by atoms with Crippen molar-refractivity contribution in [2.24, 2.45) is 0 Å². The van der Waals surface area contributed by atoms with Crippen LogP contribution >= 0.6 is 0 Å². The molecule has 0 aliphatic heterocycles. The van der Waals surface area contributed by atoms with E-state index < -0.39 is 0 Å². The summed E-state index contributed by atoms with van der Waals surface area (Å²) in [6.07, 6.45) is 2.54. The highest BCUT2D eigenvalue weighted by Gasteiger charge is 2.27. The highest BCUT2D eigenvalue weighted by Crippen LogP contribution is 2.27. The van der Waals surface area contributed by atoms with Gasteiger partial charge in [0.25, 0.3) is 0 Å². The summed E-state index contributed by atoms with van der Waals surface area (Å²) in [5.74, 6) is 0.283. The largest absolute Gasteiger partial charge is 0.297 e. The molecule has 15 heavy (non-hydrogen) atoms. The van der Waals surface area contributed by atoms with Crippen LogP contribution in [-0.4, -0.2) is 20.8 Å². The molecule has 2 aromatic rings.